The number of rotatable bonds is 2. The first-order valence-corrected chi connectivity index (χ1v) is 6.36. The van der Waals surface area contributed by atoms with Crippen LogP contribution in [-0.2, 0) is 4.74 Å². The van der Waals surface area contributed by atoms with Crippen LogP contribution < -0.4 is 0 Å². The van der Waals surface area contributed by atoms with E-state index in [-0.39, 0.29) is 11.5 Å². The molecule has 1 aromatic carbocycles. The van der Waals surface area contributed by atoms with Crippen LogP contribution in [0.3, 0.4) is 0 Å². The number of halogens is 1. The van der Waals surface area contributed by atoms with Crippen molar-refractivity contribution in [3.8, 4) is 0 Å². The van der Waals surface area contributed by atoms with Gasteiger partial charge < -0.3 is 4.74 Å². The molecule has 0 aliphatic carbocycles. The summed E-state index contributed by atoms with van der Waals surface area (Å²) in [6.45, 7) is 7.23. The molecule has 2 rings (SSSR count). The fraction of sp³-hybridized carbons (Fsp3) is 0.571. The quantitative estimate of drug-likeness (QED) is 0.708. The van der Waals surface area contributed by atoms with Gasteiger partial charge in [0.05, 0.1) is 11.5 Å². The normalized spacial score (nSPS) is 27.0. The Morgan fingerprint density at radius 3 is 2.62 bits per heavy atom. The van der Waals surface area contributed by atoms with E-state index in [9.17, 15) is 0 Å². The predicted molar refractivity (Wildman–Crippen MR) is 68.0 cm³/mol. The predicted octanol–water partition coefficient (Wildman–Crippen LogP) is 4.01. The van der Waals surface area contributed by atoms with Crippen LogP contribution in [-0.4, -0.2) is 12.7 Å². The van der Waals surface area contributed by atoms with Crippen molar-refractivity contribution in [1.82, 2.24) is 0 Å². The van der Waals surface area contributed by atoms with E-state index in [1.54, 1.807) is 0 Å². The number of hydrogen-bond acceptors (Lipinski definition) is 1. The minimum absolute atomic E-state index is 0.0804. The molecule has 3 atom stereocenters. The highest BCUT2D eigenvalue weighted by Gasteiger charge is 2.31. The van der Waals surface area contributed by atoms with Crippen LogP contribution in [0.5, 0.6) is 0 Å². The van der Waals surface area contributed by atoms with Gasteiger partial charge in [-0.2, -0.15) is 0 Å². The van der Waals surface area contributed by atoms with E-state index in [1.807, 2.05) is 0 Å². The van der Waals surface area contributed by atoms with Crippen molar-refractivity contribution in [2.75, 3.05) is 6.61 Å². The van der Waals surface area contributed by atoms with Crippen molar-refractivity contribution >= 4 is 11.6 Å². The Balaban J connectivity index is 2.20. The molecule has 0 bridgehead atoms. The minimum Gasteiger partial charge on any atom is -0.378 e. The molecule has 1 heterocycles. The fourth-order valence-corrected chi connectivity index (χ4v) is 2.78. The number of benzene rings is 1. The summed E-state index contributed by atoms with van der Waals surface area (Å²) in [7, 11) is 0. The molecule has 0 saturated carbocycles. The van der Waals surface area contributed by atoms with Crippen molar-refractivity contribution < 1.29 is 4.74 Å². The van der Waals surface area contributed by atoms with Gasteiger partial charge in [0.15, 0.2) is 0 Å². The van der Waals surface area contributed by atoms with E-state index in [4.69, 9.17) is 16.3 Å². The summed E-state index contributed by atoms with van der Waals surface area (Å²) < 4.78 is 5.58. The summed E-state index contributed by atoms with van der Waals surface area (Å²) in [5.41, 5.74) is 3.87. The Kier molecular flexibility index (Phi) is 3.56. The lowest BCUT2D eigenvalue weighted by Crippen LogP contribution is -2.16. The highest BCUT2D eigenvalue weighted by atomic mass is 35.5. The lowest BCUT2D eigenvalue weighted by Gasteiger charge is -2.21. The summed E-state index contributed by atoms with van der Waals surface area (Å²) in [6.07, 6.45) is 1.35. The maximum atomic E-state index is 6.55. The first kappa shape index (κ1) is 11.9. The highest BCUT2D eigenvalue weighted by Crippen LogP contribution is 2.38. The summed E-state index contributed by atoms with van der Waals surface area (Å²) in [5, 5.41) is 0.0804. The van der Waals surface area contributed by atoms with Gasteiger partial charge in [0.2, 0.25) is 0 Å². The Hall–Kier alpha value is -0.530. The van der Waals surface area contributed by atoms with Crippen molar-refractivity contribution in [1.29, 1.82) is 0 Å². The molecule has 0 radical (unpaired) electrons. The molecule has 1 aliphatic heterocycles. The molecule has 88 valence electrons. The van der Waals surface area contributed by atoms with E-state index < -0.39 is 0 Å². The second-order valence-corrected chi connectivity index (χ2v) is 5.24. The van der Waals surface area contributed by atoms with Gasteiger partial charge in [-0.25, -0.2) is 0 Å². The average Bonchev–Trinajstić information content (AvgIpc) is 2.67. The number of hydrogen-bond donors (Lipinski definition) is 0. The zero-order valence-electron chi connectivity index (χ0n) is 10.2. The fourth-order valence-electron chi connectivity index (χ4n) is 2.32. The van der Waals surface area contributed by atoms with Gasteiger partial charge in [-0.05, 0) is 43.9 Å². The van der Waals surface area contributed by atoms with E-state index >= 15 is 0 Å². The van der Waals surface area contributed by atoms with Crippen molar-refractivity contribution in [2.45, 2.75) is 38.7 Å². The highest BCUT2D eigenvalue weighted by molar-refractivity contribution is 6.21. The average molecular weight is 239 g/mol. The van der Waals surface area contributed by atoms with Gasteiger partial charge >= 0.3 is 0 Å². The maximum absolute atomic E-state index is 6.55. The molecule has 0 N–H and O–H groups in total. The number of aryl methyl sites for hydroxylation is 2. The third-order valence-electron chi connectivity index (χ3n) is 3.66. The minimum atomic E-state index is 0.0804. The lowest BCUT2D eigenvalue weighted by molar-refractivity contribution is 0.105. The molecule has 1 saturated heterocycles. The van der Waals surface area contributed by atoms with Crippen LogP contribution in [0.1, 0.15) is 35.4 Å². The first-order valence-electron chi connectivity index (χ1n) is 5.92. The smallest absolute Gasteiger partial charge is 0.0639 e. The van der Waals surface area contributed by atoms with Gasteiger partial charge in [0, 0.05) is 12.5 Å². The van der Waals surface area contributed by atoms with Crippen LogP contribution in [0, 0.1) is 19.8 Å². The van der Waals surface area contributed by atoms with E-state index in [2.05, 4.69) is 39.0 Å². The molecule has 2 heteroatoms. The topological polar surface area (TPSA) is 9.23 Å². The largest absolute Gasteiger partial charge is 0.378 e. The van der Waals surface area contributed by atoms with Gasteiger partial charge in [-0.15, -0.1) is 11.6 Å². The van der Waals surface area contributed by atoms with E-state index in [0.717, 1.165) is 13.0 Å². The van der Waals surface area contributed by atoms with E-state index in [0.29, 0.717) is 5.92 Å². The Morgan fingerprint density at radius 1 is 1.31 bits per heavy atom. The molecule has 16 heavy (non-hydrogen) atoms. The molecule has 0 amide bonds. The van der Waals surface area contributed by atoms with Crippen molar-refractivity contribution in [3.63, 3.8) is 0 Å². The van der Waals surface area contributed by atoms with Crippen molar-refractivity contribution in [3.05, 3.63) is 34.9 Å². The maximum Gasteiger partial charge on any atom is 0.0639 e. The Labute approximate surface area is 103 Å². The second kappa shape index (κ2) is 4.77. The summed E-state index contributed by atoms with van der Waals surface area (Å²) in [6, 6.07) is 6.50. The Bertz CT molecular complexity index is 375. The summed E-state index contributed by atoms with van der Waals surface area (Å²) in [5.74, 6) is 0.448. The Morgan fingerprint density at radius 2 is 2.06 bits per heavy atom. The number of alkyl halides is 1. The zero-order chi connectivity index (χ0) is 11.7. The zero-order valence-corrected chi connectivity index (χ0v) is 10.9. The molecule has 1 nitrogen and oxygen atoms in total. The lowest BCUT2D eigenvalue weighted by atomic mass is 9.92. The van der Waals surface area contributed by atoms with E-state index in [1.165, 1.54) is 16.7 Å². The van der Waals surface area contributed by atoms with Crippen LogP contribution in [0.15, 0.2) is 18.2 Å². The monoisotopic (exact) mass is 238 g/mol. The van der Waals surface area contributed by atoms with Crippen LogP contribution in [0.2, 0.25) is 0 Å². The molecule has 1 aromatic rings. The van der Waals surface area contributed by atoms with Gasteiger partial charge in [-0.1, -0.05) is 18.2 Å². The molecule has 0 aromatic heterocycles. The number of ether oxygens (including phenoxy) is 1. The van der Waals surface area contributed by atoms with Crippen LogP contribution in [0.4, 0.5) is 0 Å². The standard InChI is InChI=1S/C14H19ClO/c1-9-4-5-12(8-10(9)2)14(15)13-6-7-16-11(13)3/h4-5,8,11,13-14H,6-7H2,1-3H3. The van der Waals surface area contributed by atoms with Crippen molar-refractivity contribution in [2.24, 2.45) is 5.92 Å². The molecule has 1 aliphatic rings. The third kappa shape index (κ3) is 2.26. The van der Waals surface area contributed by atoms with Gasteiger partial charge in [0.1, 0.15) is 0 Å². The van der Waals surface area contributed by atoms with Gasteiger partial charge in [0.25, 0.3) is 0 Å². The summed E-state index contributed by atoms with van der Waals surface area (Å²) >= 11 is 6.55. The van der Waals surface area contributed by atoms with Crippen LogP contribution in [0.25, 0.3) is 0 Å². The molecule has 1 fully saturated rings. The molecular formula is C14H19ClO. The molecule has 3 unspecified atom stereocenters. The molecular weight excluding hydrogens is 220 g/mol. The SMILES string of the molecule is Cc1ccc(C(Cl)C2CCOC2C)cc1C. The molecule has 0 spiro atoms. The first-order chi connectivity index (χ1) is 7.59. The second-order valence-electron chi connectivity index (χ2n) is 4.77. The van der Waals surface area contributed by atoms with Gasteiger partial charge in [-0.3, -0.25) is 0 Å². The summed E-state index contributed by atoms with van der Waals surface area (Å²) in [4.78, 5) is 0. The third-order valence-corrected chi connectivity index (χ3v) is 4.24. The van der Waals surface area contributed by atoms with Crippen LogP contribution >= 0.6 is 11.6 Å².